The molecule has 134 valence electrons. The van der Waals surface area contributed by atoms with E-state index in [9.17, 15) is 13.2 Å². The largest absolute Gasteiger partial charge is 0.492 e. The van der Waals surface area contributed by atoms with Crippen LogP contribution in [0.4, 0.5) is 0 Å². The van der Waals surface area contributed by atoms with E-state index in [4.69, 9.17) is 4.74 Å². The van der Waals surface area contributed by atoms with Crippen molar-refractivity contribution in [3.05, 3.63) is 53.9 Å². The second-order valence-corrected chi connectivity index (χ2v) is 6.88. The van der Waals surface area contributed by atoms with E-state index in [1.54, 1.807) is 32.3 Å². The van der Waals surface area contributed by atoms with Gasteiger partial charge in [0.1, 0.15) is 10.6 Å². The van der Waals surface area contributed by atoms with Crippen LogP contribution in [0.3, 0.4) is 0 Å². The third-order valence-corrected chi connectivity index (χ3v) is 4.87. The van der Waals surface area contributed by atoms with Crippen molar-refractivity contribution in [2.45, 2.75) is 25.3 Å². The zero-order valence-electron chi connectivity index (χ0n) is 14.2. The number of aromatic nitrogens is 1. The van der Waals surface area contributed by atoms with Crippen molar-refractivity contribution >= 4 is 15.9 Å². The molecule has 1 heterocycles. The van der Waals surface area contributed by atoms with Crippen molar-refractivity contribution in [2.24, 2.45) is 0 Å². The van der Waals surface area contributed by atoms with Gasteiger partial charge in [0.15, 0.2) is 0 Å². The molecule has 0 aliphatic heterocycles. The van der Waals surface area contributed by atoms with Crippen LogP contribution in [0.2, 0.25) is 0 Å². The molecular weight excluding hydrogens is 342 g/mol. The number of amides is 1. The Morgan fingerprint density at radius 3 is 2.68 bits per heavy atom. The lowest BCUT2D eigenvalue weighted by Crippen LogP contribution is -2.26. The average molecular weight is 363 g/mol. The number of ether oxygens (including phenoxy) is 1. The summed E-state index contributed by atoms with van der Waals surface area (Å²) in [6.07, 6.45) is 3.30. The third-order valence-electron chi connectivity index (χ3n) is 3.31. The summed E-state index contributed by atoms with van der Waals surface area (Å²) in [4.78, 5) is 16.3. The molecule has 2 aromatic rings. The molecule has 1 aromatic carbocycles. The Bertz CT molecular complexity index is 823. The number of nitrogens with zero attached hydrogens (tertiary/aromatic N) is 1. The maximum Gasteiger partial charge on any atom is 0.251 e. The maximum absolute atomic E-state index is 12.4. The Morgan fingerprint density at radius 2 is 2.04 bits per heavy atom. The highest BCUT2D eigenvalue weighted by Gasteiger charge is 2.21. The number of hydrogen-bond acceptors (Lipinski definition) is 5. The zero-order valence-corrected chi connectivity index (χ0v) is 15.0. The summed E-state index contributed by atoms with van der Waals surface area (Å²) < 4.78 is 32.5. The van der Waals surface area contributed by atoms with E-state index in [0.717, 1.165) is 5.56 Å². The van der Waals surface area contributed by atoms with Crippen molar-refractivity contribution in [2.75, 3.05) is 13.2 Å². The quantitative estimate of drug-likeness (QED) is 0.744. The predicted octanol–water partition coefficient (Wildman–Crippen LogP) is 1.71. The molecule has 0 radical (unpaired) electrons. The molecule has 1 amide bonds. The SMILES string of the molecule is CCNS(=O)(=O)c1cc(C(=O)NCc2cccnc2)ccc1OCC. The lowest BCUT2D eigenvalue weighted by Gasteiger charge is -2.13. The standard InChI is InChI=1S/C17H21N3O4S/c1-3-20-25(22,23)16-10-14(7-8-15(16)24-4-2)17(21)19-12-13-6-5-9-18-11-13/h5-11,20H,3-4,12H2,1-2H3,(H,19,21). The Kier molecular flexibility index (Phi) is 6.49. The van der Waals surface area contributed by atoms with Crippen LogP contribution in [-0.4, -0.2) is 32.5 Å². The number of pyridine rings is 1. The van der Waals surface area contributed by atoms with Gasteiger partial charge in [0.2, 0.25) is 10.0 Å². The van der Waals surface area contributed by atoms with E-state index in [0.29, 0.717) is 13.2 Å². The van der Waals surface area contributed by atoms with Gasteiger partial charge in [-0.25, -0.2) is 13.1 Å². The number of benzene rings is 1. The minimum Gasteiger partial charge on any atom is -0.492 e. The van der Waals surface area contributed by atoms with E-state index < -0.39 is 10.0 Å². The second kappa shape index (κ2) is 8.59. The fraction of sp³-hybridized carbons (Fsp3) is 0.294. The number of hydrogen-bond donors (Lipinski definition) is 2. The summed E-state index contributed by atoms with van der Waals surface area (Å²) in [5.74, 6) is -0.160. The third kappa shape index (κ3) is 5.01. The van der Waals surface area contributed by atoms with Gasteiger partial charge in [-0.3, -0.25) is 9.78 Å². The van der Waals surface area contributed by atoms with E-state index in [1.165, 1.54) is 18.2 Å². The van der Waals surface area contributed by atoms with Gasteiger partial charge in [-0.15, -0.1) is 0 Å². The van der Waals surface area contributed by atoms with Crippen molar-refractivity contribution in [1.29, 1.82) is 0 Å². The summed E-state index contributed by atoms with van der Waals surface area (Å²) in [6, 6.07) is 7.97. The molecule has 0 fully saturated rings. The summed E-state index contributed by atoms with van der Waals surface area (Å²) in [5, 5.41) is 2.74. The molecule has 2 N–H and O–H groups in total. The molecule has 0 atom stereocenters. The Balaban J connectivity index is 2.24. The van der Waals surface area contributed by atoms with E-state index in [1.807, 2.05) is 6.07 Å². The molecule has 8 heteroatoms. The molecular formula is C17H21N3O4S. The summed E-state index contributed by atoms with van der Waals surface area (Å²) >= 11 is 0. The molecule has 0 saturated heterocycles. The zero-order chi connectivity index (χ0) is 18.3. The van der Waals surface area contributed by atoms with Gasteiger partial charge in [0.05, 0.1) is 6.61 Å². The van der Waals surface area contributed by atoms with Gasteiger partial charge in [0, 0.05) is 31.0 Å². The summed E-state index contributed by atoms with van der Waals surface area (Å²) in [5.41, 5.74) is 1.09. The van der Waals surface area contributed by atoms with Gasteiger partial charge < -0.3 is 10.1 Å². The highest BCUT2D eigenvalue weighted by molar-refractivity contribution is 7.89. The highest BCUT2D eigenvalue weighted by atomic mass is 32.2. The van der Waals surface area contributed by atoms with E-state index in [-0.39, 0.29) is 28.7 Å². The van der Waals surface area contributed by atoms with Gasteiger partial charge in [-0.05, 0) is 36.8 Å². The number of nitrogens with one attached hydrogen (secondary N) is 2. The average Bonchev–Trinajstić information content (AvgIpc) is 2.61. The molecule has 0 aliphatic carbocycles. The minimum atomic E-state index is -3.75. The number of rotatable bonds is 8. The Hall–Kier alpha value is -2.45. The molecule has 2 rings (SSSR count). The van der Waals surface area contributed by atoms with Gasteiger partial charge >= 0.3 is 0 Å². The maximum atomic E-state index is 12.4. The Morgan fingerprint density at radius 1 is 1.24 bits per heavy atom. The molecule has 0 bridgehead atoms. The fourth-order valence-electron chi connectivity index (χ4n) is 2.19. The van der Waals surface area contributed by atoms with Crippen molar-refractivity contribution < 1.29 is 17.9 Å². The number of sulfonamides is 1. The van der Waals surface area contributed by atoms with Crippen LogP contribution in [0, 0.1) is 0 Å². The van der Waals surface area contributed by atoms with E-state index >= 15 is 0 Å². The lowest BCUT2D eigenvalue weighted by atomic mass is 10.2. The topological polar surface area (TPSA) is 97.4 Å². The van der Waals surface area contributed by atoms with Crippen LogP contribution < -0.4 is 14.8 Å². The van der Waals surface area contributed by atoms with Crippen molar-refractivity contribution in [3.63, 3.8) is 0 Å². The fourth-order valence-corrected chi connectivity index (χ4v) is 3.40. The molecule has 0 saturated carbocycles. The summed E-state index contributed by atoms with van der Waals surface area (Å²) in [7, 11) is -3.75. The lowest BCUT2D eigenvalue weighted by molar-refractivity contribution is 0.0950. The molecule has 0 aliphatic rings. The van der Waals surface area contributed by atoms with Gasteiger partial charge in [-0.2, -0.15) is 0 Å². The normalized spacial score (nSPS) is 11.1. The second-order valence-electron chi connectivity index (χ2n) is 5.14. The smallest absolute Gasteiger partial charge is 0.251 e. The Labute approximate surface area is 147 Å². The first kappa shape index (κ1) is 18.9. The van der Waals surface area contributed by atoms with Crippen LogP contribution in [0.25, 0.3) is 0 Å². The summed E-state index contributed by atoms with van der Waals surface area (Å²) in [6.45, 7) is 4.31. The molecule has 0 spiro atoms. The molecule has 1 aromatic heterocycles. The molecule has 0 unspecified atom stereocenters. The predicted molar refractivity (Wildman–Crippen MR) is 93.9 cm³/mol. The monoisotopic (exact) mass is 363 g/mol. The first-order valence-corrected chi connectivity index (χ1v) is 9.39. The van der Waals surface area contributed by atoms with Crippen LogP contribution in [0.5, 0.6) is 5.75 Å². The van der Waals surface area contributed by atoms with Crippen molar-refractivity contribution in [3.8, 4) is 5.75 Å². The molecule has 7 nitrogen and oxygen atoms in total. The van der Waals surface area contributed by atoms with E-state index in [2.05, 4.69) is 15.0 Å². The molecule has 25 heavy (non-hydrogen) atoms. The minimum absolute atomic E-state index is 0.0507. The van der Waals surface area contributed by atoms with Crippen LogP contribution in [-0.2, 0) is 16.6 Å². The van der Waals surface area contributed by atoms with Gasteiger partial charge in [-0.1, -0.05) is 13.0 Å². The van der Waals surface area contributed by atoms with Crippen LogP contribution in [0.1, 0.15) is 29.8 Å². The highest BCUT2D eigenvalue weighted by Crippen LogP contribution is 2.25. The van der Waals surface area contributed by atoms with Crippen LogP contribution in [0.15, 0.2) is 47.6 Å². The number of carbonyl (C=O) groups excluding carboxylic acids is 1. The van der Waals surface area contributed by atoms with Crippen LogP contribution >= 0.6 is 0 Å². The first-order chi connectivity index (χ1) is 12.0. The first-order valence-electron chi connectivity index (χ1n) is 7.91. The van der Waals surface area contributed by atoms with Gasteiger partial charge in [0.25, 0.3) is 5.91 Å². The number of carbonyl (C=O) groups is 1. The van der Waals surface area contributed by atoms with Crippen molar-refractivity contribution in [1.82, 2.24) is 15.0 Å².